The summed E-state index contributed by atoms with van der Waals surface area (Å²) in [6.45, 7) is 2.24. The lowest BCUT2D eigenvalue weighted by Crippen LogP contribution is -2.34. The van der Waals surface area contributed by atoms with Gasteiger partial charge in [0.15, 0.2) is 0 Å². The zero-order valence-electron chi connectivity index (χ0n) is 10.4. The monoisotopic (exact) mass is 257 g/mol. The third-order valence-corrected chi connectivity index (χ3v) is 3.22. The third kappa shape index (κ3) is 3.25. The number of hydrogen-bond donors (Lipinski definition) is 1. The van der Waals surface area contributed by atoms with Gasteiger partial charge in [0.2, 0.25) is 0 Å². The van der Waals surface area contributed by atoms with Crippen LogP contribution in [-0.4, -0.2) is 12.7 Å². The van der Waals surface area contributed by atoms with Crippen LogP contribution in [0.3, 0.4) is 0 Å². The van der Waals surface area contributed by atoms with Crippen LogP contribution in [0.25, 0.3) is 0 Å². The molecule has 0 radical (unpaired) electrons. The van der Waals surface area contributed by atoms with E-state index in [4.69, 9.17) is 0 Å². The number of halogens is 3. The van der Waals surface area contributed by atoms with Gasteiger partial charge in [-0.05, 0) is 42.9 Å². The molecular formula is C14H18F3N. The van der Waals surface area contributed by atoms with Crippen LogP contribution in [0.5, 0.6) is 0 Å². The van der Waals surface area contributed by atoms with Crippen molar-refractivity contribution in [1.29, 1.82) is 0 Å². The molecular weight excluding hydrogens is 239 g/mol. The van der Waals surface area contributed by atoms with E-state index >= 15 is 0 Å². The topological polar surface area (TPSA) is 12.0 Å². The Hall–Kier alpha value is -1.03. The Morgan fingerprint density at radius 2 is 2.06 bits per heavy atom. The predicted molar refractivity (Wildman–Crippen MR) is 65.5 cm³/mol. The second-order valence-electron chi connectivity index (χ2n) is 4.87. The maximum absolute atomic E-state index is 13.0. The van der Waals surface area contributed by atoms with Crippen LogP contribution < -0.4 is 5.32 Å². The van der Waals surface area contributed by atoms with Crippen LogP contribution in [-0.2, 0) is 0 Å². The molecule has 0 aromatic heterocycles. The molecule has 1 unspecified atom stereocenters. The number of benzene rings is 1. The van der Waals surface area contributed by atoms with Crippen LogP contribution in [0.1, 0.15) is 49.3 Å². The highest BCUT2D eigenvalue weighted by Gasteiger charge is 2.40. The van der Waals surface area contributed by atoms with E-state index in [0.717, 1.165) is 18.4 Å². The van der Waals surface area contributed by atoms with E-state index in [1.165, 1.54) is 0 Å². The fraction of sp³-hybridized carbons (Fsp3) is 0.571. The Morgan fingerprint density at radius 3 is 2.61 bits per heavy atom. The molecule has 0 heterocycles. The molecule has 1 N–H and O–H groups in total. The van der Waals surface area contributed by atoms with Gasteiger partial charge in [0.25, 0.3) is 0 Å². The number of nitrogens with one attached hydrogen (secondary N) is 1. The molecule has 1 atom stereocenters. The largest absolute Gasteiger partial charge is 0.407 e. The summed E-state index contributed by atoms with van der Waals surface area (Å²) >= 11 is 0. The summed E-state index contributed by atoms with van der Waals surface area (Å²) in [6.07, 6.45) is -1.35. The van der Waals surface area contributed by atoms with Gasteiger partial charge in [0.05, 0.1) is 0 Å². The van der Waals surface area contributed by atoms with Crippen LogP contribution in [0.4, 0.5) is 13.2 Å². The molecule has 0 bridgehead atoms. The first-order valence-electron chi connectivity index (χ1n) is 6.42. The minimum absolute atomic E-state index is 0.334. The van der Waals surface area contributed by atoms with E-state index in [0.29, 0.717) is 24.4 Å². The molecule has 100 valence electrons. The molecule has 1 aromatic rings. The molecule has 0 saturated heterocycles. The normalized spacial score (nSPS) is 17.8. The maximum atomic E-state index is 13.0. The lowest BCUT2D eigenvalue weighted by atomic mass is 10.0. The highest BCUT2D eigenvalue weighted by Crippen LogP contribution is 2.41. The molecule has 1 nitrogen and oxygen atoms in total. The van der Waals surface area contributed by atoms with Gasteiger partial charge in [0.1, 0.15) is 6.04 Å². The average molecular weight is 257 g/mol. The standard InChI is InChI=1S/C14H18F3N/c1-2-8-18-13(14(15,16)17)12-5-3-4-11(9-12)10-6-7-10/h3-5,9-10,13,18H,2,6-8H2,1H3. The molecule has 1 aliphatic carbocycles. The Kier molecular flexibility index (Phi) is 3.95. The Bertz CT molecular complexity index is 396. The van der Waals surface area contributed by atoms with E-state index in [9.17, 15) is 13.2 Å². The highest BCUT2D eigenvalue weighted by molar-refractivity contribution is 5.31. The van der Waals surface area contributed by atoms with Gasteiger partial charge in [-0.2, -0.15) is 13.2 Å². The van der Waals surface area contributed by atoms with Crippen molar-refractivity contribution in [3.8, 4) is 0 Å². The molecule has 2 rings (SSSR count). The van der Waals surface area contributed by atoms with Crippen molar-refractivity contribution in [2.24, 2.45) is 0 Å². The SMILES string of the molecule is CCCNC(c1cccc(C2CC2)c1)C(F)(F)F. The second-order valence-corrected chi connectivity index (χ2v) is 4.87. The lowest BCUT2D eigenvalue weighted by molar-refractivity contribution is -0.157. The molecule has 4 heteroatoms. The minimum atomic E-state index is -4.24. The summed E-state index contributed by atoms with van der Waals surface area (Å²) < 4.78 is 39.0. The Balaban J connectivity index is 2.20. The quantitative estimate of drug-likeness (QED) is 0.835. The summed E-state index contributed by atoms with van der Waals surface area (Å²) in [7, 11) is 0. The molecule has 0 aliphatic heterocycles. The summed E-state index contributed by atoms with van der Waals surface area (Å²) in [4.78, 5) is 0. The summed E-state index contributed by atoms with van der Waals surface area (Å²) in [6, 6.07) is 5.38. The van der Waals surface area contributed by atoms with Crippen molar-refractivity contribution >= 4 is 0 Å². The Morgan fingerprint density at radius 1 is 1.33 bits per heavy atom. The van der Waals surface area contributed by atoms with Crippen LogP contribution in [0.2, 0.25) is 0 Å². The van der Waals surface area contributed by atoms with E-state index in [1.807, 2.05) is 13.0 Å². The van der Waals surface area contributed by atoms with Crippen molar-refractivity contribution in [1.82, 2.24) is 5.32 Å². The first kappa shape index (κ1) is 13.4. The number of alkyl halides is 3. The van der Waals surface area contributed by atoms with Gasteiger partial charge >= 0.3 is 6.18 Å². The van der Waals surface area contributed by atoms with Gasteiger partial charge in [-0.25, -0.2) is 0 Å². The van der Waals surface area contributed by atoms with Gasteiger partial charge in [-0.15, -0.1) is 0 Å². The number of rotatable bonds is 5. The summed E-state index contributed by atoms with van der Waals surface area (Å²) in [5.74, 6) is 0.477. The van der Waals surface area contributed by atoms with E-state index in [2.05, 4.69) is 5.32 Å². The first-order chi connectivity index (χ1) is 8.52. The van der Waals surface area contributed by atoms with E-state index < -0.39 is 12.2 Å². The molecule has 0 amide bonds. The zero-order chi connectivity index (χ0) is 13.2. The summed E-state index contributed by atoms with van der Waals surface area (Å²) in [5.41, 5.74) is 1.38. The lowest BCUT2D eigenvalue weighted by Gasteiger charge is -2.22. The molecule has 1 saturated carbocycles. The van der Waals surface area contributed by atoms with Gasteiger partial charge < -0.3 is 5.32 Å². The number of hydrogen-bond acceptors (Lipinski definition) is 1. The molecule has 1 fully saturated rings. The van der Waals surface area contributed by atoms with Crippen LogP contribution in [0, 0.1) is 0 Å². The maximum Gasteiger partial charge on any atom is 0.407 e. The van der Waals surface area contributed by atoms with Crippen molar-refractivity contribution < 1.29 is 13.2 Å². The first-order valence-corrected chi connectivity index (χ1v) is 6.42. The zero-order valence-corrected chi connectivity index (χ0v) is 10.4. The smallest absolute Gasteiger partial charge is 0.302 e. The van der Waals surface area contributed by atoms with Crippen molar-refractivity contribution in [3.05, 3.63) is 35.4 Å². The summed E-state index contributed by atoms with van der Waals surface area (Å²) in [5, 5.41) is 2.59. The fourth-order valence-corrected chi connectivity index (χ4v) is 2.12. The Labute approximate surface area is 105 Å². The molecule has 18 heavy (non-hydrogen) atoms. The fourth-order valence-electron chi connectivity index (χ4n) is 2.12. The van der Waals surface area contributed by atoms with E-state index in [-0.39, 0.29) is 0 Å². The van der Waals surface area contributed by atoms with Gasteiger partial charge in [-0.3, -0.25) is 0 Å². The van der Waals surface area contributed by atoms with Crippen LogP contribution >= 0.6 is 0 Å². The molecule has 1 aromatic carbocycles. The van der Waals surface area contributed by atoms with Crippen molar-refractivity contribution in [3.63, 3.8) is 0 Å². The molecule has 0 spiro atoms. The second kappa shape index (κ2) is 5.31. The average Bonchev–Trinajstić information content (AvgIpc) is 3.12. The predicted octanol–water partition coefficient (Wildman–Crippen LogP) is 4.17. The van der Waals surface area contributed by atoms with Crippen molar-refractivity contribution in [2.75, 3.05) is 6.54 Å². The van der Waals surface area contributed by atoms with E-state index in [1.54, 1.807) is 18.2 Å². The van der Waals surface area contributed by atoms with Gasteiger partial charge in [-0.1, -0.05) is 31.2 Å². The van der Waals surface area contributed by atoms with Crippen molar-refractivity contribution in [2.45, 2.75) is 44.3 Å². The van der Waals surface area contributed by atoms with Gasteiger partial charge in [0, 0.05) is 0 Å². The van der Waals surface area contributed by atoms with Crippen LogP contribution in [0.15, 0.2) is 24.3 Å². The third-order valence-electron chi connectivity index (χ3n) is 3.22. The highest BCUT2D eigenvalue weighted by atomic mass is 19.4. The molecule has 1 aliphatic rings. The minimum Gasteiger partial charge on any atom is -0.302 e.